The van der Waals surface area contributed by atoms with Crippen LogP contribution in [0.2, 0.25) is 0 Å². The van der Waals surface area contributed by atoms with Gasteiger partial charge in [0, 0.05) is 24.7 Å². The van der Waals surface area contributed by atoms with Crippen molar-refractivity contribution in [3.8, 4) is 11.4 Å². The van der Waals surface area contributed by atoms with E-state index in [0.29, 0.717) is 17.8 Å². The van der Waals surface area contributed by atoms with Crippen molar-refractivity contribution in [1.82, 2.24) is 19.7 Å². The number of aryl methyl sites for hydroxylation is 1. The molecule has 0 radical (unpaired) electrons. The number of aromatic nitrogens is 3. The molecule has 2 aliphatic carbocycles. The summed E-state index contributed by atoms with van der Waals surface area (Å²) in [5.41, 5.74) is 2.27. The van der Waals surface area contributed by atoms with E-state index in [4.69, 9.17) is 0 Å². The fourth-order valence-electron chi connectivity index (χ4n) is 3.94. The van der Waals surface area contributed by atoms with Gasteiger partial charge in [-0.2, -0.15) is 0 Å². The SMILES string of the molecule is Cc1ccccc1-c1nnc(SCC(=O)N(C2CCCC2)C2CC2)n1C. The number of rotatable bonds is 6. The van der Waals surface area contributed by atoms with Crippen LogP contribution in [-0.4, -0.2) is 43.4 Å². The lowest BCUT2D eigenvalue weighted by Gasteiger charge is -2.29. The van der Waals surface area contributed by atoms with Gasteiger partial charge in [-0.3, -0.25) is 4.79 Å². The normalized spacial score (nSPS) is 17.6. The van der Waals surface area contributed by atoms with Crippen LogP contribution in [0, 0.1) is 6.92 Å². The summed E-state index contributed by atoms with van der Waals surface area (Å²) >= 11 is 1.51. The number of amides is 1. The summed E-state index contributed by atoms with van der Waals surface area (Å²) in [7, 11) is 1.98. The quantitative estimate of drug-likeness (QED) is 0.726. The first-order valence-electron chi connectivity index (χ1n) is 9.54. The van der Waals surface area contributed by atoms with E-state index in [-0.39, 0.29) is 5.91 Å². The molecule has 1 aromatic carbocycles. The van der Waals surface area contributed by atoms with Crippen molar-refractivity contribution >= 4 is 17.7 Å². The Labute approximate surface area is 159 Å². The maximum atomic E-state index is 12.9. The van der Waals surface area contributed by atoms with Crippen LogP contribution >= 0.6 is 11.8 Å². The topological polar surface area (TPSA) is 51.0 Å². The van der Waals surface area contributed by atoms with Gasteiger partial charge in [-0.05, 0) is 38.2 Å². The molecular formula is C20H26N4OS. The van der Waals surface area contributed by atoms with Crippen LogP contribution in [0.15, 0.2) is 29.4 Å². The van der Waals surface area contributed by atoms with E-state index in [1.165, 1.54) is 55.9 Å². The minimum Gasteiger partial charge on any atom is -0.336 e. The minimum atomic E-state index is 0.268. The molecule has 1 aromatic heterocycles. The first-order chi connectivity index (χ1) is 12.6. The van der Waals surface area contributed by atoms with E-state index >= 15 is 0 Å². The standard InChI is InChI=1S/C20H26N4OS/c1-14-7-3-6-10-17(14)19-21-22-20(23(19)2)26-13-18(25)24(16-11-12-16)15-8-4-5-9-15/h3,6-7,10,15-16H,4-5,8-9,11-13H2,1-2H3. The minimum absolute atomic E-state index is 0.268. The largest absolute Gasteiger partial charge is 0.336 e. The van der Waals surface area contributed by atoms with Crippen molar-refractivity contribution in [1.29, 1.82) is 0 Å². The lowest BCUT2D eigenvalue weighted by Crippen LogP contribution is -2.41. The Morgan fingerprint density at radius 3 is 2.54 bits per heavy atom. The molecule has 2 fully saturated rings. The van der Waals surface area contributed by atoms with E-state index in [2.05, 4.69) is 34.2 Å². The molecule has 0 bridgehead atoms. The van der Waals surface area contributed by atoms with Crippen molar-refractivity contribution in [3.63, 3.8) is 0 Å². The zero-order valence-electron chi connectivity index (χ0n) is 15.5. The molecule has 138 valence electrons. The van der Waals surface area contributed by atoms with Gasteiger partial charge in [0.05, 0.1) is 5.75 Å². The van der Waals surface area contributed by atoms with Crippen LogP contribution in [-0.2, 0) is 11.8 Å². The lowest BCUT2D eigenvalue weighted by atomic mass is 10.1. The van der Waals surface area contributed by atoms with Crippen molar-refractivity contribution in [3.05, 3.63) is 29.8 Å². The lowest BCUT2D eigenvalue weighted by molar-refractivity contribution is -0.131. The van der Waals surface area contributed by atoms with Gasteiger partial charge in [0.15, 0.2) is 11.0 Å². The molecule has 2 aromatic rings. The summed E-state index contributed by atoms with van der Waals surface area (Å²) in [4.78, 5) is 15.1. The maximum absolute atomic E-state index is 12.9. The van der Waals surface area contributed by atoms with E-state index in [9.17, 15) is 4.79 Å². The first kappa shape index (κ1) is 17.6. The molecule has 5 nitrogen and oxygen atoms in total. The smallest absolute Gasteiger partial charge is 0.233 e. The number of nitrogens with zero attached hydrogens (tertiary/aromatic N) is 4. The average molecular weight is 371 g/mol. The Kier molecular flexibility index (Phi) is 5.02. The molecular weight excluding hydrogens is 344 g/mol. The monoisotopic (exact) mass is 370 g/mol. The van der Waals surface area contributed by atoms with Crippen LogP contribution < -0.4 is 0 Å². The third-order valence-electron chi connectivity index (χ3n) is 5.49. The number of hydrogen-bond donors (Lipinski definition) is 0. The van der Waals surface area contributed by atoms with Crippen molar-refractivity contribution in [2.75, 3.05) is 5.75 Å². The molecule has 1 heterocycles. The molecule has 0 spiro atoms. The Morgan fingerprint density at radius 1 is 1.15 bits per heavy atom. The predicted molar refractivity (Wildman–Crippen MR) is 104 cm³/mol. The predicted octanol–water partition coefficient (Wildman–Crippen LogP) is 3.82. The summed E-state index contributed by atoms with van der Waals surface area (Å²) in [6.07, 6.45) is 7.22. The molecule has 0 saturated heterocycles. The highest BCUT2D eigenvalue weighted by Gasteiger charge is 2.38. The maximum Gasteiger partial charge on any atom is 0.233 e. The number of carbonyl (C=O) groups excluding carboxylic acids is 1. The van der Waals surface area contributed by atoms with Gasteiger partial charge in [0.2, 0.25) is 5.91 Å². The van der Waals surface area contributed by atoms with Gasteiger partial charge in [-0.15, -0.1) is 10.2 Å². The average Bonchev–Trinajstić information content (AvgIpc) is 3.18. The van der Waals surface area contributed by atoms with E-state index in [1.807, 2.05) is 23.7 Å². The second-order valence-corrected chi connectivity index (χ2v) is 8.38. The van der Waals surface area contributed by atoms with Crippen LogP contribution in [0.25, 0.3) is 11.4 Å². The Morgan fingerprint density at radius 2 is 1.85 bits per heavy atom. The van der Waals surface area contributed by atoms with Crippen molar-refractivity contribution in [2.24, 2.45) is 7.05 Å². The molecule has 0 N–H and O–H groups in total. The highest BCUT2D eigenvalue weighted by Crippen LogP contribution is 2.35. The molecule has 0 aliphatic heterocycles. The highest BCUT2D eigenvalue weighted by molar-refractivity contribution is 7.99. The van der Waals surface area contributed by atoms with Crippen molar-refractivity contribution < 1.29 is 4.79 Å². The number of benzene rings is 1. The Bertz CT molecular complexity index is 793. The molecule has 0 unspecified atom stereocenters. The Balaban J connectivity index is 1.45. The number of carbonyl (C=O) groups is 1. The van der Waals surface area contributed by atoms with Gasteiger partial charge in [0.1, 0.15) is 0 Å². The molecule has 26 heavy (non-hydrogen) atoms. The molecule has 1 amide bonds. The number of thioether (sulfide) groups is 1. The molecule has 0 atom stereocenters. The zero-order valence-corrected chi connectivity index (χ0v) is 16.3. The van der Waals surface area contributed by atoms with E-state index in [0.717, 1.165) is 16.5 Å². The fourth-order valence-corrected chi connectivity index (χ4v) is 4.72. The van der Waals surface area contributed by atoms with Gasteiger partial charge < -0.3 is 9.47 Å². The summed E-state index contributed by atoms with van der Waals surface area (Å²) in [5, 5.41) is 9.49. The van der Waals surface area contributed by atoms with Gasteiger partial charge >= 0.3 is 0 Å². The van der Waals surface area contributed by atoms with Gasteiger partial charge in [0.25, 0.3) is 0 Å². The first-order valence-corrected chi connectivity index (χ1v) is 10.5. The van der Waals surface area contributed by atoms with Crippen LogP contribution in [0.3, 0.4) is 0 Å². The summed E-state index contributed by atoms with van der Waals surface area (Å²) in [6, 6.07) is 9.15. The van der Waals surface area contributed by atoms with Crippen molar-refractivity contribution in [2.45, 2.75) is 62.7 Å². The molecule has 6 heteroatoms. The third-order valence-corrected chi connectivity index (χ3v) is 6.50. The molecule has 2 saturated carbocycles. The zero-order chi connectivity index (χ0) is 18.1. The van der Waals surface area contributed by atoms with E-state index < -0.39 is 0 Å². The number of hydrogen-bond acceptors (Lipinski definition) is 4. The molecule has 2 aliphatic rings. The van der Waals surface area contributed by atoms with Gasteiger partial charge in [-0.1, -0.05) is 48.9 Å². The Hall–Kier alpha value is -1.82. The summed E-state index contributed by atoms with van der Waals surface area (Å²) in [5.74, 6) is 1.57. The second-order valence-electron chi connectivity index (χ2n) is 7.44. The van der Waals surface area contributed by atoms with Crippen LogP contribution in [0.5, 0.6) is 0 Å². The van der Waals surface area contributed by atoms with E-state index in [1.54, 1.807) is 0 Å². The highest BCUT2D eigenvalue weighted by atomic mass is 32.2. The molecule has 4 rings (SSSR count). The summed E-state index contributed by atoms with van der Waals surface area (Å²) in [6.45, 7) is 2.08. The summed E-state index contributed by atoms with van der Waals surface area (Å²) < 4.78 is 2.00. The second kappa shape index (κ2) is 7.43. The van der Waals surface area contributed by atoms with Crippen LogP contribution in [0.4, 0.5) is 0 Å². The van der Waals surface area contributed by atoms with Crippen LogP contribution in [0.1, 0.15) is 44.1 Å². The third kappa shape index (κ3) is 3.52. The van der Waals surface area contributed by atoms with Gasteiger partial charge in [-0.25, -0.2) is 0 Å². The fraction of sp³-hybridized carbons (Fsp3) is 0.550.